The van der Waals surface area contributed by atoms with Gasteiger partial charge >= 0.3 is 0 Å². The molecule has 0 aromatic heterocycles. The minimum atomic E-state index is -0.629. The molecule has 8 nitrogen and oxygen atoms in total. The molecule has 1 atom stereocenters. The Morgan fingerprint density at radius 2 is 2.07 bits per heavy atom. The van der Waals surface area contributed by atoms with Crippen molar-refractivity contribution in [1.29, 1.82) is 0 Å². The maximum atomic E-state index is 12.7. The Kier molecular flexibility index (Phi) is 6.99. The molecule has 0 aliphatic carbocycles. The van der Waals surface area contributed by atoms with Crippen molar-refractivity contribution in [3.8, 4) is 0 Å². The highest BCUT2D eigenvalue weighted by molar-refractivity contribution is 6.05. The van der Waals surface area contributed by atoms with Gasteiger partial charge in [-0.15, -0.1) is 0 Å². The van der Waals surface area contributed by atoms with Crippen molar-refractivity contribution in [1.82, 2.24) is 20.9 Å². The predicted octanol–water partition coefficient (Wildman–Crippen LogP) is 1.01. The van der Waals surface area contributed by atoms with Gasteiger partial charge in [-0.1, -0.05) is 25.6 Å². The minimum absolute atomic E-state index is 0.185. The quantitative estimate of drug-likeness (QED) is 0.319. The van der Waals surface area contributed by atoms with Gasteiger partial charge in [-0.3, -0.25) is 24.5 Å². The summed E-state index contributed by atoms with van der Waals surface area (Å²) in [7, 11) is 0. The fraction of sp³-hybridized carbons (Fsp3) is 0.455. The van der Waals surface area contributed by atoms with Gasteiger partial charge in [-0.25, -0.2) is 0 Å². The van der Waals surface area contributed by atoms with E-state index in [1.54, 1.807) is 12.1 Å². The van der Waals surface area contributed by atoms with Crippen LogP contribution in [0.3, 0.4) is 0 Å². The second kappa shape index (κ2) is 9.67. The molecule has 0 saturated carbocycles. The van der Waals surface area contributed by atoms with Gasteiger partial charge in [0.15, 0.2) is 0 Å². The molecule has 1 fully saturated rings. The topological polar surface area (TPSA) is 108 Å². The zero-order chi connectivity index (χ0) is 21.7. The highest BCUT2D eigenvalue weighted by Crippen LogP contribution is 2.28. The molecule has 4 amide bonds. The molecule has 30 heavy (non-hydrogen) atoms. The first-order valence-corrected chi connectivity index (χ1v) is 10.3. The van der Waals surface area contributed by atoms with E-state index in [1.165, 1.54) is 4.90 Å². The van der Waals surface area contributed by atoms with Crippen LogP contribution in [0.15, 0.2) is 30.4 Å². The van der Waals surface area contributed by atoms with Gasteiger partial charge in [0.05, 0.1) is 0 Å². The average Bonchev–Trinajstić information content (AvgIpc) is 3.05. The van der Waals surface area contributed by atoms with Crippen molar-refractivity contribution >= 4 is 23.6 Å². The minimum Gasteiger partial charge on any atom is -0.348 e. The van der Waals surface area contributed by atoms with Crippen LogP contribution in [0.1, 0.15) is 54.1 Å². The van der Waals surface area contributed by atoms with Crippen LogP contribution in [0.4, 0.5) is 0 Å². The van der Waals surface area contributed by atoms with Gasteiger partial charge in [0, 0.05) is 30.6 Å². The first-order valence-electron chi connectivity index (χ1n) is 10.3. The predicted molar refractivity (Wildman–Crippen MR) is 111 cm³/mol. The third-order valence-electron chi connectivity index (χ3n) is 5.39. The lowest BCUT2D eigenvalue weighted by Gasteiger charge is -2.29. The van der Waals surface area contributed by atoms with Crippen molar-refractivity contribution < 1.29 is 19.2 Å². The number of hydrogen-bond donors (Lipinski definition) is 3. The molecule has 8 heteroatoms. The second-order valence-corrected chi connectivity index (χ2v) is 7.68. The van der Waals surface area contributed by atoms with Crippen molar-refractivity contribution in [2.75, 3.05) is 13.1 Å². The van der Waals surface area contributed by atoms with Crippen LogP contribution in [0.25, 0.3) is 0 Å². The Morgan fingerprint density at radius 1 is 1.27 bits per heavy atom. The van der Waals surface area contributed by atoms with E-state index >= 15 is 0 Å². The molecule has 1 saturated heterocycles. The lowest BCUT2D eigenvalue weighted by molar-refractivity contribution is -0.137. The van der Waals surface area contributed by atoms with E-state index in [0.29, 0.717) is 37.1 Å². The molecule has 2 heterocycles. The fourth-order valence-electron chi connectivity index (χ4n) is 3.70. The van der Waals surface area contributed by atoms with Gasteiger partial charge in [-0.2, -0.15) is 0 Å². The highest BCUT2D eigenvalue weighted by atomic mass is 16.2. The first kappa shape index (κ1) is 21.7. The Labute approximate surface area is 176 Å². The second-order valence-electron chi connectivity index (χ2n) is 7.68. The summed E-state index contributed by atoms with van der Waals surface area (Å²) in [6.45, 7) is 8.21. The number of benzene rings is 1. The molecule has 0 bridgehead atoms. The number of piperidine rings is 1. The molecule has 0 radical (unpaired) electrons. The number of nitrogens with zero attached hydrogens (tertiary/aromatic N) is 1. The summed E-state index contributed by atoms with van der Waals surface area (Å²) in [5.74, 6) is -1.12. The lowest BCUT2D eigenvalue weighted by atomic mass is 10.0. The summed E-state index contributed by atoms with van der Waals surface area (Å²) >= 11 is 0. The van der Waals surface area contributed by atoms with Crippen LogP contribution >= 0.6 is 0 Å². The normalized spacial score (nSPS) is 18.2. The standard InChI is InChI=1S/C22H28N4O4/c1-3-9-23-10-8-14(2)20(28)24-12-15-4-5-17-16(11-15)13-26(22(17)30)18-6-7-19(27)25-21(18)29/h4-5,11,18,23H,2-3,6-10,12-13H2,1H3,(H,24,28)(H,25,27,29). The lowest BCUT2D eigenvalue weighted by Crippen LogP contribution is -2.52. The summed E-state index contributed by atoms with van der Waals surface area (Å²) in [5.41, 5.74) is 2.77. The van der Waals surface area contributed by atoms with Crippen LogP contribution in [-0.2, 0) is 27.5 Å². The van der Waals surface area contributed by atoms with Crippen molar-refractivity contribution in [2.24, 2.45) is 0 Å². The van der Waals surface area contributed by atoms with Gasteiger partial charge in [0.1, 0.15) is 6.04 Å². The molecule has 3 rings (SSSR count). The maximum Gasteiger partial charge on any atom is 0.255 e. The van der Waals surface area contributed by atoms with Gasteiger partial charge in [0.25, 0.3) is 5.91 Å². The van der Waals surface area contributed by atoms with E-state index in [0.717, 1.165) is 30.6 Å². The Morgan fingerprint density at radius 3 is 2.80 bits per heavy atom. The van der Waals surface area contributed by atoms with Gasteiger partial charge in [-0.05, 0) is 49.5 Å². The Hall–Kier alpha value is -3.00. The van der Waals surface area contributed by atoms with E-state index in [-0.39, 0.29) is 24.1 Å². The summed E-state index contributed by atoms with van der Waals surface area (Å²) in [5, 5.41) is 8.40. The largest absolute Gasteiger partial charge is 0.348 e. The third-order valence-corrected chi connectivity index (χ3v) is 5.39. The van der Waals surface area contributed by atoms with Gasteiger partial charge in [0.2, 0.25) is 17.7 Å². The van der Waals surface area contributed by atoms with Crippen LogP contribution in [-0.4, -0.2) is 47.7 Å². The molecular formula is C22H28N4O4. The monoisotopic (exact) mass is 412 g/mol. The molecule has 3 N–H and O–H groups in total. The SMILES string of the molecule is C=C(CCNCCC)C(=O)NCc1ccc2c(c1)CN(C1CCC(=O)NC1=O)C2=O. The summed E-state index contributed by atoms with van der Waals surface area (Å²) in [6, 6.07) is 4.78. The number of carbonyl (C=O) groups is 4. The number of hydrogen-bond acceptors (Lipinski definition) is 5. The molecule has 1 aromatic carbocycles. The van der Waals surface area contributed by atoms with E-state index < -0.39 is 11.9 Å². The Bertz CT molecular complexity index is 880. The van der Waals surface area contributed by atoms with Gasteiger partial charge < -0.3 is 15.5 Å². The molecule has 2 aliphatic heterocycles. The van der Waals surface area contributed by atoms with E-state index in [2.05, 4.69) is 29.5 Å². The number of fused-ring (bicyclic) bond motifs is 1. The number of imide groups is 1. The van der Waals surface area contributed by atoms with Crippen LogP contribution in [0.5, 0.6) is 0 Å². The maximum absolute atomic E-state index is 12.7. The molecular weight excluding hydrogens is 384 g/mol. The van der Waals surface area contributed by atoms with Crippen molar-refractivity contribution in [2.45, 2.75) is 51.7 Å². The van der Waals surface area contributed by atoms with E-state index in [9.17, 15) is 19.2 Å². The Balaban J connectivity index is 1.56. The van der Waals surface area contributed by atoms with E-state index in [1.807, 2.05) is 6.07 Å². The molecule has 2 aliphatic rings. The zero-order valence-electron chi connectivity index (χ0n) is 17.3. The van der Waals surface area contributed by atoms with Crippen LogP contribution in [0, 0.1) is 0 Å². The molecule has 160 valence electrons. The van der Waals surface area contributed by atoms with E-state index in [4.69, 9.17) is 0 Å². The van der Waals surface area contributed by atoms with Crippen molar-refractivity contribution in [3.63, 3.8) is 0 Å². The highest BCUT2D eigenvalue weighted by Gasteiger charge is 2.39. The van der Waals surface area contributed by atoms with Crippen molar-refractivity contribution in [3.05, 3.63) is 47.0 Å². The zero-order valence-corrected chi connectivity index (χ0v) is 17.3. The number of carbonyl (C=O) groups excluding carboxylic acids is 4. The third kappa shape index (κ3) is 4.94. The molecule has 0 spiro atoms. The smallest absolute Gasteiger partial charge is 0.255 e. The molecule has 1 aromatic rings. The first-order chi connectivity index (χ1) is 14.4. The summed E-state index contributed by atoms with van der Waals surface area (Å²) < 4.78 is 0. The average molecular weight is 412 g/mol. The number of rotatable bonds is 9. The van der Waals surface area contributed by atoms with Crippen LogP contribution < -0.4 is 16.0 Å². The van der Waals surface area contributed by atoms with Crippen LogP contribution in [0.2, 0.25) is 0 Å². The number of amides is 4. The summed E-state index contributed by atoms with van der Waals surface area (Å²) in [4.78, 5) is 49.9. The fourth-order valence-corrected chi connectivity index (χ4v) is 3.70. The summed E-state index contributed by atoms with van der Waals surface area (Å²) in [6.07, 6.45) is 2.19. The number of nitrogens with one attached hydrogen (secondary N) is 3. The molecule has 1 unspecified atom stereocenters.